The molecule has 6 heteroatoms. The van der Waals surface area contributed by atoms with Crippen LogP contribution in [0.15, 0.2) is 17.0 Å². The van der Waals surface area contributed by atoms with Crippen molar-refractivity contribution in [3.63, 3.8) is 0 Å². The number of hydrogen-bond acceptors (Lipinski definition) is 3. The van der Waals surface area contributed by atoms with Crippen LogP contribution in [-0.4, -0.2) is 30.4 Å². The summed E-state index contributed by atoms with van der Waals surface area (Å²) in [5.74, 6) is -0.545. The smallest absolute Gasteiger partial charge is 0.243 e. The minimum absolute atomic E-state index is 0.0189. The third kappa shape index (κ3) is 2.66. The van der Waals surface area contributed by atoms with Crippen molar-refractivity contribution in [2.75, 3.05) is 6.54 Å². The topological polar surface area (TPSA) is 57.6 Å². The molecule has 1 aromatic carbocycles. The Morgan fingerprint density at radius 3 is 2.53 bits per heavy atom. The summed E-state index contributed by atoms with van der Waals surface area (Å²) in [6.07, 6.45) is 1.75. The van der Waals surface area contributed by atoms with Crippen LogP contribution < -0.4 is 0 Å². The lowest BCUT2D eigenvalue weighted by Gasteiger charge is -2.20. The lowest BCUT2D eigenvalue weighted by molar-refractivity contribution is 0.275. The molecule has 0 bridgehead atoms. The van der Waals surface area contributed by atoms with Gasteiger partial charge in [0.25, 0.3) is 0 Å². The van der Waals surface area contributed by atoms with Crippen molar-refractivity contribution in [1.29, 1.82) is 0 Å². The molecule has 0 atom stereocenters. The van der Waals surface area contributed by atoms with E-state index in [9.17, 15) is 12.8 Å². The first-order valence-corrected chi connectivity index (χ1v) is 7.77. The van der Waals surface area contributed by atoms with Crippen LogP contribution in [0.5, 0.6) is 0 Å². The highest BCUT2D eigenvalue weighted by Gasteiger charge is 2.37. The second kappa shape index (κ2) is 5.19. The molecule has 1 aromatic rings. The molecule has 4 nitrogen and oxygen atoms in total. The fourth-order valence-corrected chi connectivity index (χ4v) is 4.02. The van der Waals surface area contributed by atoms with Gasteiger partial charge in [-0.2, -0.15) is 4.31 Å². The number of hydrogen-bond donors (Lipinski definition) is 1. The molecule has 2 rings (SSSR count). The van der Waals surface area contributed by atoms with Crippen molar-refractivity contribution in [3.8, 4) is 0 Å². The zero-order chi connectivity index (χ0) is 14.2. The second-order valence-electron chi connectivity index (χ2n) is 4.81. The van der Waals surface area contributed by atoms with E-state index in [2.05, 4.69) is 0 Å². The summed E-state index contributed by atoms with van der Waals surface area (Å²) in [5, 5.41) is 9.10. The molecule has 1 N–H and O–H groups in total. The predicted octanol–water partition coefficient (Wildman–Crippen LogP) is 1.80. The monoisotopic (exact) mass is 287 g/mol. The van der Waals surface area contributed by atoms with Gasteiger partial charge in [-0.1, -0.05) is 6.92 Å². The molecule has 0 aliphatic heterocycles. The summed E-state index contributed by atoms with van der Waals surface area (Å²) in [7, 11) is -3.60. The van der Waals surface area contributed by atoms with Crippen molar-refractivity contribution in [2.45, 2.75) is 44.2 Å². The Bertz CT molecular complexity index is 582. The van der Waals surface area contributed by atoms with E-state index < -0.39 is 22.4 Å². The van der Waals surface area contributed by atoms with Crippen molar-refractivity contribution in [2.24, 2.45) is 0 Å². The number of halogens is 1. The van der Waals surface area contributed by atoms with Gasteiger partial charge < -0.3 is 5.11 Å². The standard InChI is InChI=1S/C13H18FNO3S/c1-3-15(11-4-5-11)19(17,18)12-6-9(2)13(14)10(7-12)8-16/h6-7,11,16H,3-5,8H2,1-2H3. The third-order valence-corrected chi connectivity index (χ3v) is 5.35. The molecule has 0 radical (unpaired) electrons. The molecular weight excluding hydrogens is 269 g/mol. The quantitative estimate of drug-likeness (QED) is 0.898. The van der Waals surface area contributed by atoms with Gasteiger partial charge in [-0.05, 0) is 37.5 Å². The van der Waals surface area contributed by atoms with Crippen LogP contribution in [-0.2, 0) is 16.6 Å². The van der Waals surface area contributed by atoms with Gasteiger partial charge >= 0.3 is 0 Å². The van der Waals surface area contributed by atoms with Gasteiger partial charge in [-0.3, -0.25) is 0 Å². The van der Waals surface area contributed by atoms with Gasteiger partial charge in [0.1, 0.15) is 5.82 Å². The van der Waals surface area contributed by atoms with Crippen LogP contribution in [0.3, 0.4) is 0 Å². The fraction of sp³-hybridized carbons (Fsp3) is 0.538. The fourth-order valence-electron chi connectivity index (χ4n) is 2.19. The van der Waals surface area contributed by atoms with Crippen LogP contribution in [0.25, 0.3) is 0 Å². The third-order valence-electron chi connectivity index (χ3n) is 3.35. The van der Waals surface area contributed by atoms with Crippen LogP contribution >= 0.6 is 0 Å². The predicted molar refractivity (Wildman–Crippen MR) is 69.6 cm³/mol. The molecule has 0 saturated heterocycles. The molecule has 1 aliphatic carbocycles. The van der Waals surface area contributed by atoms with E-state index in [1.807, 2.05) is 0 Å². The molecule has 1 saturated carbocycles. The number of aryl methyl sites for hydroxylation is 1. The maximum Gasteiger partial charge on any atom is 0.243 e. The Hall–Kier alpha value is -0.980. The SMILES string of the molecule is CCN(C1CC1)S(=O)(=O)c1cc(C)c(F)c(CO)c1. The van der Waals surface area contributed by atoms with E-state index in [-0.39, 0.29) is 22.1 Å². The van der Waals surface area contributed by atoms with Crippen LogP contribution in [0.2, 0.25) is 0 Å². The van der Waals surface area contributed by atoms with Crippen LogP contribution in [0.1, 0.15) is 30.9 Å². The molecule has 0 amide bonds. The molecule has 0 spiro atoms. The summed E-state index contributed by atoms with van der Waals surface area (Å²) in [5.41, 5.74) is 0.252. The van der Waals surface area contributed by atoms with E-state index >= 15 is 0 Å². The summed E-state index contributed by atoms with van der Waals surface area (Å²) in [6.45, 7) is 3.18. The second-order valence-corrected chi connectivity index (χ2v) is 6.70. The van der Waals surface area contributed by atoms with Crippen LogP contribution in [0.4, 0.5) is 4.39 Å². The van der Waals surface area contributed by atoms with Gasteiger partial charge in [0.2, 0.25) is 10.0 Å². The van der Waals surface area contributed by atoms with Gasteiger partial charge in [-0.25, -0.2) is 12.8 Å². The zero-order valence-corrected chi connectivity index (χ0v) is 11.9. The Morgan fingerprint density at radius 2 is 2.05 bits per heavy atom. The van der Waals surface area contributed by atoms with E-state index in [4.69, 9.17) is 5.11 Å². The lowest BCUT2D eigenvalue weighted by Crippen LogP contribution is -2.33. The largest absolute Gasteiger partial charge is 0.392 e. The molecule has 0 unspecified atom stereocenters. The van der Waals surface area contributed by atoms with Gasteiger partial charge in [0.15, 0.2) is 0 Å². The first kappa shape index (κ1) is 14.4. The Labute approximate surface area is 112 Å². The van der Waals surface area contributed by atoms with Gasteiger partial charge in [0.05, 0.1) is 11.5 Å². The lowest BCUT2D eigenvalue weighted by atomic mass is 10.1. The van der Waals surface area contributed by atoms with Crippen molar-refractivity contribution in [3.05, 3.63) is 29.1 Å². The van der Waals surface area contributed by atoms with E-state index in [1.165, 1.54) is 23.4 Å². The van der Waals surface area contributed by atoms with Gasteiger partial charge in [-0.15, -0.1) is 0 Å². The minimum atomic E-state index is -3.60. The number of sulfonamides is 1. The van der Waals surface area contributed by atoms with Crippen LogP contribution in [0, 0.1) is 12.7 Å². The van der Waals surface area contributed by atoms with Crippen molar-refractivity contribution >= 4 is 10.0 Å². The Balaban J connectivity index is 2.48. The normalized spacial score (nSPS) is 16.1. The number of aliphatic hydroxyl groups excluding tert-OH is 1. The molecule has 19 heavy (non-hydrogen) atoms. The maximum absolute atomic E-state index is 13.7. The first-order chi connectivity index (χ1) is 8.91. The number of aliphatic hydroxyl groups is 1. The Morgan fingerprint density at radius 1 is 1.42 bits per heavy atom. The highest BCUT2D eigenvalue weighted by molar-refractivity contribution is 7.89. The molecule has 106 valence electrons. The van der Waals surface area contributed by atoms with Gasteiger partial charge in [0, 0.05) is 18.2 Å². The van der Waals surface area contributed by atoms with E-state index in [1.54, 1.807) is 6.92 Å². The summed E-state index contributed by atoms with van der Waals surface area (Å²) in [6, 6.07) is 2.62. The molecule has 0 aromatic heterocycles. The average Bonchev–Trinajstić information content (AvgIpc) is 3.17. The Kier molecular flexibility index (Phi) is 3.94. The summed E-state index contributed by atoms with van der Waals surface area (Å²) >= 11 is 0. The van der Waals surface area contributed by atoms with E-state index in [0.717, 1.165) is 12.8 Å². The molecular formula is C13H18FNO3S. The maximum atomic E-state index is 13.7. The highest BCUT2D eigenvalue weighted by atomic mass is 32.2. The summed E-state index contributed by atoms with van der Waals surface area (Å²) in [4.78, 5) is 0.0594. The van der Waals surface area contributed by atoms with E-state index in [0.29, 0.717) is 6.54 Å². The number of nitrogens with zero attached hydrogens (tertiary/aromatic N) is 1. The molecule has 1 fully saturated rings. The molecule has 0 heterocycles. The first-order valence-electron chi connectivity index (χ1n) is 6.33. The summed E-state index contributed by atoms with van der Waals surface area (Å²) < 4.78 is 40.1. The highest BCUT2D eigenvalue weighted by Crippen LogP contribution is 2.32. The zero-order valence-electron chi connectivity index (χ0n) is 11.1. The number of benzene rings is 1. The minimum Gasteiger partial charge on any atom is -0.392 e. The number of rotatable bonds is 5. The molecule has 1 aliphatic rings. The van der Waals surface area contributed by atoms with Crippen molar-refractivity contribution < 1.29 is 17.9 Å². The van der Waals surface area contributed by atoms with Crippen molar-refractivity contribution in [1.82, 2.24) is 4.31 Å². The average molecular weight is 287 g/mol.